The van der Waals surface area contributed by atoms with E-state index in [1.165, 1.54) is 6.07 Å². The highest BCUT2D eigenvalue weighted by Gasteiger charge is 2.15. The average Bonchev–Trinajstić information content (AvgIpc) is 2.92. The molecule has 0 radical (unpaired) electrons. The van der Waals surface area contributed by atoms with Crippen LogP contribution in [-0.4, -0.2) is 21.6 Å². The lowest BCUT2D eigenvalue weighted by Crippen LogP contribution is -2.20. The lowest BCUT2D eigenvalue weighted by Gasteiger charge is -2.01. The van der Waals surface area contributed by atoms with Gasteiger partial charge in [0, 0.05) is 41.3 Å². The van der Waals surface area contributed by atoms with Gasteiger partial charge in [0.2, 0.25) is 5.91 Å². The van der Waals surface area contributed by atoms with Crippen LogP contribution in [0.2, 0.25) is 0 Å². The number of hydrazone groups is 1. The third-order valence-corrected chi connectivity index (χ3v) is 3.86. The number of nitro benzene ring substituents is 1. The summed E-state index contributed by atoms with van der Waals surface area (Å²) in [5, 5.41) is 16.0. The largest absolute Gasteiger partial charge is 0.350 e. The van der Waals surface area contributed by atoms with Crippen LogP contribution in [0, 0.1) is 10.1 Å². The number of rotatable bonds is 5. The highest BCUT2D eigenvalue weighted by molar-refractivity contribution is 5.99. The van der Waals surface area contributed by atoms with E-state index in [9.17, 15) is 14.9 Å². The summed E-state index contributed by atoms with van der Waals surface area (Å²) in [6.07, 6.45) is 3.38. The molecule has 0 aliphatic heterocycles. The third kappa shape index (κ3) is 3.55. The van der Waals surface area contributed by atoms with Crippen molar-refractivity contribution < 1.29 is 9.72 Å². The molecule has 1 amide bonds. The quantitative estimate of drug-likeness (QED) is 0.441. The minimum atomic E-state index is -0.498. The number of carbonyl (C=O) groups is 1. The van der Waals surface area contributed by atoms with Gasteiger partial charge in [0.25, 0.3) is 5.69 Å². The highest BCUT2D eigenvalue weighted by Crippen LogP contribution is 2.19. The average molecular weight is 336 g/mol. The molecule has 1 N–H and O–H groups in total. The van der Waals surface area contributed by atoms with Crippen molar-refractivity contribution >= 4 is 28.7 Å². The van der Waals surface area contributed by atoms with Crippen LogP contribution in [0.4, 0.5) is 5.69 Å². The van der Waals surface area contributed by atoms with Crippen molar-refractivity contribution in [3.8, 4) is 0 Å². The van der Waals surface area contributed by atoms with E-state index in [1.54, 1.807) is 24.4 Å². The summed E-state index contributed by atoms with van der Waals surface area (Å²) in [5.41, 5.74) is 4.64. The summed E-state index contributed by atoms with van der Waals surface area (Å²) in [6.45, 7) is 0. The van der Waals surface area contributed by atoms with E-state index < -0.39 is 10.8 Å². The van der Waals surface area contributed by atoms with Crippen molar-refractivity contribution in [3.05, 3.63) is 76.0 Å². The molecule has 7 nitrogen and oxygen atoms in total. The molecule has 3 aromatic rings. The fourth-order valence-corrected chi connectivity index (χ4v) is 2.70. The molecule has 126 valence electrons. The van der Waals surface area contributed by atoms with Gasteiger partial charge in [0.05, 0.1) is 17.6 Å². The van der Waals surface area contributed by atoms with E-state index >= 15 is 0 Å². The fraction of sp³-hybridized carbons (Fsp3) is 0.111. The van der Waals surface area contributed by atoms with Crippen LogP contribution in [-0.2, 0) is 18.3 Å². The Kier molecular flexibility index (Phi) is 4.56. The number of fused-ring (bicyclic) bond motifs is 1. The molecule has 0 unspecified atom stereocenters. The van der Waals surface area contributed by atoms with Crippen LogP contribution in [0.25, 0.3) is 10.9 Å². The topological polar surface area (TPSA) is 89.5 Å². The van der Waals surface area contributed by atoms with Crippen molar-refractivity contribution in [1.29, 1.82) is 0 Å². The predicted octanol–water partition coefficient (Wildman–Crippen LogP) is 2.78. The number of nitro groups is 1. The van der Waals surface area contributed by atoms with Crippen LogP contribution in [0.1, 0.15) is 11.1 Å². The number of aromatic nitrogens is 1. The van der Waals surface area contributed by atoms with Crippen LogP contribution in [0.15, 0.2) is 59.8 Å². The second-order valence-corrected chi connectivity index (χ2v) is 5.57. The van der Waals surface area contributed by atoms with Crippen LogP contribution in [0.5, 0.6) is 0 Å². The van der Waals surface area contributed by atoms with Gasteiger partial charge in [-0.1, -0.05) is 36.4 Å². The Hall–Kier alpha value is -3.48. The molecule has 0 aliphatic rings. The summed E-state index contributed by atoms with van der Waals surface area (Å²) in [4.78, 5) is 22.5. The summed E-state index contributed by atoms with van der Waals surface area (Å²) in [6, 6.07) is 14.0. The summed E-state index contributed by atoms with van der Waals surface area (Å²) in [7, 11) is 1.94. The number of para-hydroxylation sites is 2. The molecule has 2 aromatic carbocycles. The van der Waals surface area contributed by atoms with Gasteiger partial charge >= 0.3 is 0 Å². The van der Waals surface area contributed by atoms with Gasteiger partial charge in [0.1, 0.15) is 0 Å². The lowest BCUT2D eigenvalue weighted by molar-refractivity contribution is -0.385. The van der Waals surface area contributed by atoms with Gasteiger partial charge in [-0.3, -0.25) is 14.9 Å². The second kappa shape index (κ2) is 6.96. The summed E-state index contributed by atoms with van der Waals surface area (Å²) >= 11 is 0. The molecular weight excluding hydrogens is 320 g/mol. The lowest BCUT2D eigenvalue weighted by atomic mass is 10.1. The molecule has 1 heterocycles. The van der Waals surface area contributed by atoms with Gasteiger partial charge in [-0.25, -0.2) is 5.43 Å². The monoisotopic (exact) mass is 336 g/mol. The maximum Gasteiger partial charge on any atom is 0.273 e. The van der Waals surface area contributed by atoms with Crippen LogP contribution in [0.3, 0.4) is 0 Å². The Morgan fingerprint density at radius 2 is 1.96 bits per heavy atom. The van der Waals surface area contributed by atoms with Gasteiger partial charge in [0.15, 0.2) is 0 Å². The molecule has 0 spiro atoms. The second-order valence-electron chi connectivity index (χ2n) is 5.57. The van der Waals surface area contributed by atoms with Crippen molar-refractivity contribution in [2.24, 2.45) is 12.1 Å². The molecule has 3 rings (SSSR count). The smallest absolute Gasteiger partial charge is 0.273 e. The van der Waals surface area contributed by atoms with E-state index in [2.05, 4.69) is 10.5 Å². The molecular formula is C18H16N4O3. The number of carbonyl (C=O) groups excluding carboxylic acids is 1. The number of hydrogen-bond acceptors (Lipinski definition) is 4. The van der Waals surface area contributed by atoms with E-state index in [0.29, 0.717) is 5.56 Å². The first-order valence-corrected chi connectivity index (χ1v) is 7.64. The molecule has 0 aliphatic carbocycles. The molecule has 0 atom stereocenters. The zero-order valence-corrected chi connectivity index (χ0v) is 13.5. The minimum absolute atomic E-state index is 0.0734. The first-order chi connectivity index (χ1) is 12.1. The van der Waals surface area contributed by atoms with E-state index in [-0.39, 0.29) is 12.1 Å². The van der Waals surface area contributed by atoms with Gasteiger partial charge in [-0.05, 0) is 6.07 Å². The number of aryl methyl sites for hydroxylation is 1. The summed E-state index contributed by atoms with van der Waals surface area (Å²) in [5.74, 6) is -0.411. The molecule has 25 heavy (non-hydrogen) atoms. The van der Waals surface area contributed by atoms with Crippen molar-refractivity contribution in [1.82, 2.24) is 9.99 Å². The predicted molar refractivity (Wildman–Crippen MR) is 95.5 cm³/mol. The molecule has 0 bridgehead atoms. The maximum absolute atomic E-state index is 12.0. The SMILES string of the molecule is Cn1cc(/C=N/NC(=O)Cc2ccccc2[N+](=O)[O-])c2ccccc21. The fourth-order valence-electron chi connectivity index (χ4n) is 2.70. The maximum atomic E-state index is 12.0. The zero-order valence-electron chi connectivity index (χ0n) is 13.5. The van der Waals surface area contributed by atoms with E-state index in [4.69, 9.17) is 0 Å². The highest BCUT2D eigenvalue weighted by atomic mass is 16.6. The Balaban J connectivity index is 1.70. The van der Waals surface area contributed by atoms with Crippen LogP contribution < -0.4 is 5.43 Å². The third-order valence-electron chi connectivity index (χ3n) is 3.86. The minimum Gasteiger partial charge on any atom is -0.350 e. The van der Waals surface area contributed by atoms with Gasteiger partial charge in [-0.2, -0.15) is 5.10 Å². The number of nitrogens with zero attached hydrogens (tertiary/aromatic N) is 3. The number of hydrogen-bond donors (Lipinski definition) is 1. The Labute approximate surface area is 143 Å². The molecule has 0 saturated carbocycles. The first kappa shape index (κ1) is 16.4. The van der Waals surface area contributed by atoms with Crippen LogP contribution >= 0.6 is 0 Å². The number of nitrogens with one attached hydrogen (secondary N) is 1. The zero-order chi connectivity index (χ0) is 17.8. The number of benzene rings is 2. The van der Waals surface area contributed by atoms with Gasteiger partial charge < -0.3 is 4.57 Å². The first-order valence-electron chi connectivity index (χ1n) is 7.64. The van der Waals surface area contributed by atoms with E-state index in [1.807, 2.05) is 42.1 Å². The van der Waals surface area contributed by atoms with Crippen molar-refractivity contribution in [3.63, 3.8) is 0 Å². The molecule has 0 fully saturated rings. The normalized spacial score (nSPS) is 11.1. The number of amides is 1. The van der Waals surface area contributed by atoms with Gasteiger partial charge in [-0.15, -0.1) is 0 Å². The molecule has 7 heteroatoms. The Bertz CT molecular complexity index is 975. The van der Waals surface area contributed by atoms with Crippen molar-refractivity contribution in [2.75, 3.05) is 0 Å². The summed E-state index contributed by atoms with van der Waals surface area (Å²) < 4.78 is 1.98. The van der Waals surface area contributed by atoms with E-state index in [0.717, 1.165) is 16.5 Å². The Morgan fingerprint density at radius 1 is 1.24 bits per heavy atom. The van der Waals surface area contributed by atoms with Crippen molar-refractivity contribution in [2.45, 2.75) is 6.42 Å². The standard InChI is InChI=1S/C18H16N4O3/c1-21-12-14(15-7-3-5-9-17(15)21)11-19-20-18(23)10-13-6-2-4-8-16(13)22(24)25/h2-9,11-12H,10H2,1H3,(H,20,23)/b19-11+. The Morgan fingerprint density at radius 3 is 2.76 bits per heavy atom. The molecule has 0 saturated heterocycles. The molecule has 1 aromatic heterocycles.